The van der Waals surface area contributed by atoms with Gasteiger partial charge in [-0.15, -0.1) is 0 Å². The Kier molecular flexibility index (Phi) is 5.26. The Labute approximate surface area is 158 Å². The van der Waals surface area contributed by atoms with Gasteiger partial charge in [-0.1, -0.05) is 24.3 Å². The molecule has 0 fully saturated rings. The van der Waals surface area contributed by atoms with Crippen LogP contribution in [0.15, 0.2) is 48.5 Å². The van der Waals surface area contributed by atoms with E-state index >= 15 is 0 Å². The number of carbonyl (C=O) groups is 3. The molecule has 0 bridgehead atoms. The molecule has 2 aromatic carbocycles. The molecule has 0 spiro atoms. The summed E-state index contributed by atoms with van der Waals surface area (Å²) in [6.45, 7) is 4.94. The summed E-state index contributed by atoms with van der Waals surface area (Å²) < 4.78 is 5.39. The Morgan fingerprint density at radius 3 is 2.63 bits per heavy atom. The van der Waals surface area contributed by atoms with Gasteiger partial charge in [-0.25, -0.2) is 4.79 Å². The number of rotatable bonds is 4. The predicted octanol–water partition coefficient (Wildman–Crippen LogP) is 3.17. The van der Waals surface area contributed by atoms with E-state index in [2.05, 4.69) is 5.32 Å². The molecule has 27 heavy (non-hydrogen) atoms. The Bertz CT molecular complexity index is 893. The first-order chi connectivity index (χ1) is 12.9. The fourth-order valence-corrected chi connectivity index (χ4v) is 3.30. The molecule has 6 nitrogen and oxygen atoms in total. The van der Waals surface area contributed by atoms with Gasteiger partial charge in [0.15, 0.2) is 6.10 Å². The van der Waals surface area contributed by atoms with Crippen molar-refractivity contribution in [2.45, 2.75) is 39.3 Å². The third-order valence-corrected chi connectivity index (χ3v) is 4.49. The minimum atomic E-state index is -0.921. The summed E-state index contributed by atoms with van der Waals surface area (Å²) in [6, 6.07) is 14.2. The first-order valence-corrected chi connectivity index (χ1v) is 8.86. The molecule has 2 aromatic rings. The van der Waals surface area contributed by atoms with E-state index in [0.717, 1.165) is 17.7 Å². The highest BCUT2D eigenvalue weighted by Crippen LogP contribution is 2.32. The van der Waals surface area contributed by atoms with E-state index < -0.39 is 12.1 Å². The van der Waals surface area contributed by atoms with Crippen LogP contribution < -0.4 is 10.2 Å². The van der Waals surface area contributed by atoms with Crippen molar-refractivity contribution in [3.05, 3.63) is 59.7 Å². The standard InChI is InChI=1S/C21H22N2O4/c1-13-11-16-7-4-5-10-19(16)23(13)20(25)14(2)27-21(26)17-8-6-9-18(12-17)22-15(3)24/h4-10,12-14H,11H2,1-3H3,(H,22,24)/t13-,14-/m0/s1. The van der Waals surface area contributed by atoms with Crippen LogP contribution in [0.3, 0.4) is 0 Å². The number of hydrogen-bond acceptors (Lipinski definition) is 4. The van der Waals surface area contributed by atoms with Crippen molar-refractivity contribution >= 4 is 29.2 Å². The van der Waals surface area contributed by atoms with Gasteiger partial charge >= 0.3 is 5.97 Å². The molecule has 0 unspecified atom stereocenters. The quantitative estimate of drug-likeness (QED) is 0.844. The predicted molar refractivity (Wildman–Crippen MR) is 103 cm³/mol. The molecule has 3 rings (SSSR count). The summed E-state index contributed by atoms with van der Waals surface area (Å²) in [7, 11) is 0. The summed E-state index contributed by atoms with van der Waals surface area (Å²) in [6.07, 6.45) is -0.142. The number of anilines is 2. The lowest BCUT2D eigenvalue weighted by Crippen LogP contribution is -2.43. The van der Waals surface area contributed by atoms with Gasteiger partial charge in [-0.05, 0) is 50.1 Å². The topological polar surface area (TPSA) is 75.7 Å². The number of benzene rings is 2. The van der Waals surface area contributed by atoms with Crippen LogP contribution in [0.1, 0.15) is 36.7 Å². The van der Waals surface area contributed by atoms with Crippen LogP contribution in [0.25, 0.3) is 0 Å². The lowest BCUT2D eigenvalue weighted by molar-refractivity contribution is -0.126. The van der Waals surface area contributed by atoms with Crippen LogP contribution in [0.2, 0.25) is 0 Å². The Morgan fingerprint density at radius 1 is 1.15 bits per heavy atom. The van der Waals surface area contributed by atoms with Crippen molar-refractivity contribution < 1.29 is 19.1 Å². The second kappa shape index (κ2) is 7.61. The molecule has 2 atom stereocenters. The average molecular weight is 366 g/mol. The maximum Gasteiger partial charge on any atom is 0.338 e. The third-order valence-electron chi connectivity index (χ3n) is 4.49. The van der Waals surface area contributed by atoms with Gasteiger partial charge < -0.3 is 15.0 Å². The lowest BCUT2D eigenvalue weighted by Gasteiger charge is -2.26. The van der Waals surface area contributed by atoms with Crippen LogP contribution in [-0.2, 0) is 20.7 Å². The normalized spacial score (nSPS) is 16.4. The number of carbonyl (C=O) groups excluding carboxylic acids is 3. The SMILES string of the molecule is CC(=O)Nc1cccc(C(=O)O[C@@H](C)C(=O)N2c3ccccc3C[C@@H]2C)c1. The molecule has 1 N–H and O–H groups in total. The number of para-hydroxylation sites is 1. The van der Waals surface area contributed by atoms with E-state index in [1.807, 2.05) is 31.2 Å². The summed E-state index contributed by atoms with van der Waals surface area (Å²) in [5.74, 6) is -1.09. The van der Waals surface area contributed by atoms with Crippen molar-refractivity contribution in [2.24, 2.45) is 0 Å². The van der Waals surface area contributed by atoms with E-state index in [0.29, 0.717) is 5.69 Å². The molecule has 1 heterocycles. The third kappa shape index (κ3) is 4.00. The second-order valence-corrected chi connectivity index (χ2v) is 6.70. The Balaban J connectivity index is 1.72. The lowest BCUT2D eigenvalue weighted by atomic mass is 10.1. The molecule has 6 heteroatoms. The van der Waals surface area contributed by atoms with Gasteiger partial charge in [0, 0.05) is 24.3 Å². The minimum Gasteiger partial charge on any atom is -0.449 e. The molecule has 0 saturated carbocycles. The fourth-order valence-electron chi connectivity index (χ4n) is 3.30. The summed E-state index contributed by atoms with van der Waals surface area (Å²) in [5, 5.41) is 2.62. The highest BCUT2D eigenvalue weighted by atomic mass is 16.5. The monoisotopic (exact) mass is 366 g/mol. The van der Waals surface area contributed by atoms with E-state index in [4.69, 9.17) is 4.74 Å². The van der Waals surface area contributed by atoms with Crippen molar-refractivity contribution in [1.82, 2.24) is 0 Å². The van der Waals surface area contributed by atoms with Crippen LogP contribution in [0, 0.1) is 0 Å². The number of nitrogens with zero attached hydrogens (tertiary/aromatic N) is 1. The molecule has 1 aliphatic rings. The van der Waals surface area contributed by atoms with Gasteiger partial charge in [0.05, 0.1) is 5.56 Å². The fraction of sp³-hybridized carbons (Fsp3) is 0.286. The summed E-state index contributed by atoms with van der Waals surface area (Å²) in [5.41, 5.74) is 2.75. The van der Waals surface area contributed by atoms with E-state index in [-0.39, 0.29) is 23.4 Å². The van der Waals surface area contributed by atoms with Crippen LogP contribution >= 0.6 is 0 Å². The second-order valence-electron chi connectivity index (χ2n) is 6.70. The minimum absolute atomic E-state index is 0.0131. The molecule has 140 valence electrons. The first kappa shape index (κ1) is 18.6. The number of nitrogens with one attached hydrogen (secondary N) is 1. The maximum atomic E-state index is 12.9. The molecule has 2 amide bonds. The van der Waals surface area contributed by atoms with E-state index in [9.17, 15) is 14.4 Å². The summed E-state index contributed by atoms with van der Waals surface area (Å²) >= 11 is 0. The first-order valence-electron chi connectivity index (χ1n) is 8.86. The van der Waals surface area contributed by atoms with Crippen LogP contribution in [0.4, 0.5) is 11.4 Å². The van der Waals surface area contributed by atoms with Crippen molar-refractivity contribution in [3.63, 3.8) is 0 Å². The zero-order valence-electron chi connectivity index (χ0n) is 15.6. The average Bonchev–Trinajstić information content (AvgIpc) is 2.96. The van der Waals surface area contributed by atoms with E-state index in [1.54, 1.807) is 30.0 Å². The molecular weight excluding hydrogens is 344 g/mol. The molecule has 0 aromatic heterocycles. The highest BCUT2D eigenvalue weighted by molar-refractivity contribution is 6.01. The number of fused-ring (bicyclic) bond motifs is 1. The number of ether oxygens (including phenoxy) is 1. The van der Waals surface area contributed by atoms with Crippen LogP contribution in [-0.4, -0.2) is 29.9 Å². The highest BCUT2D eigenvalue weighted by Gasteiger charge is 2.34. The molecule has 1 aliphatic heterocycles. The van der Waals surface area contributed by atoms with Crippen molar-refractivity contribution in [1.29, 1.82) is 0 Å². The zero-order valence-corrected chi connectivity index (χ0v) is 15.6. The Morgan fingerprint density at radius 2 is 1.89 bits per heavy atom. The van der Waals surface area contributed by atoms with Crippen LogP contribution in [0.5, 0.6) is 0 Å². The zero-order chi connectivity index (χ0) is 19.6. The molecule has 0 aliphatic carbocycles. The van der Waals surface area contributed by atoms with Gasteiger partial charge in [0.2, 0.25) is 5.91 Å². The number of hydrogen-bond donors (Lipinski definition) is 1. The van der Waals surface area contributed by atoms with Crippen molar-refractivity contribution in [3.8, 4) is 0 Å². The largest absolute Gasteiger partial charge is 0.449 e. The summed E-state index contributed by atoms with van der Waals surface area (Å²) in [4.78, 5) is 38.2. The maximum absolute atomic E-state index is 12.9. The molecule has 0 saturated heterocycles. The smallest absolute Gasteiger partial charge is 0.338 e. The van der Waals surface area contributed by atoms with Gasteiger partial charge in [0.1, 0.15) is 0 Å². The molecule has 0 radical (unpaired) electrons. The van der Waals surface area contributed by atoms with E-state index in [1.165, 1.54) is 13.0 Å². The number of amides is 2. The Hall–Kier alpha value is -3.15. The number of esters is 1. The van der Waals surface area contributed by atoms with Gasteiger partial charge in [-0.3, -0.25) is 9.59 Å². The van der Waals surface area contributed by atoms with Gasteiger partial charge in [0.25, 0.3) is 5.91 Å². The van der Waals surface area contributed by atoms with Crippen molar-refractivity contribution in [2.75, 3.05) is 10.2 Å². The van der Waals surface area contributed by atoms with Gasteiger partial charge in [-0.2, -0.15) is 0 Å². The molecular formula is C21H22N2O4.